The number of alkyl halides is 2. The standard InChI is InChI=1S/C25H20F2N4O3S/c1-33-21-13-17(11-12-20(21)34-23(26)27)15-35-25-29-28-24-30(14-16-7-3-2-4-8-16)22(32)18-9-5-6-10-19(18)31(24)25/h2-13,23H,14-15H2,1H3. The Balaban J connectivity index is 1.53. The number of hydrogen-bond acceptors (Lipinski definition) is 6. The zero-order valence-electron chi connectivity index (χ0n) is 18.6. The molecule has 0 aliphatic heterocycles. The average Bonchev–Trinajstić information content (AvgIpc) is 3.30. The molecular weight excluding hydrogens is 474 g/mol. The van der Waals surface area contributed by atoms with E-state index in [2.05, 4.69) is 14.9 Å². The van der Waals surface area contributed by atoms with E-state index in [0.29, 0.717) is 34.1 Å². The van der Waals surface area contributed by atoms with Gasteiger partial charge in [-0.25, -0.2) is 0 Å². The van der Waals surface area contributed by atoms with Crippen molar-refractivity contribution in [3.8, 4) is 11.5 Å². The summed E-state index contributed by atoms with van der Waals surface area (Å²) in [4.78, 5) is 13.3. The van der Waals surface area contributed by atoms with Gasteiger partial charge in [-0.2, -0.15) is 8.78 Å². The summed E-state index contributed by atoms with van der Waals surface area (Å²) in [5, 5.41) is 9.87. The van der Waals surface area contributed by atoms with Gasteiger partial charge in [0.2, 0.25) is 5.78 Å². The van der Waals surface area contributed by atoms with Crippen molar-refractivity contribution in [1.29, 1.82) is 0 Å². The molecule has 0 unspecified atom stereocenters. The van der Waals surface area contributed by atoms with Gasteiger partial charge in [-0.15, -0.1) is 10.2 Å². The molecule has 3 aromatic carbocycles. The first-order chi connectivity index (χ1) is 17.0. The van der Waals surface area contributed by atoms with Crippen LogP contribution in [0.5, 0.6) is 11.5 Å². The van der Waals surface area contributed by atoms with Gasteiger partial charge in [-0.3, -0.25) is 13.8 Å². The predicted octanol–water partition coefficient (Wildman–Crippen LogP) is 4.99. The number of ether oxygens (including phenoxy) is 2. The van der Waals surface area contributed by atoms with Crippen molar-refractivity contribution >= 4 is 28.4 Å². The number of hydrogen-bond donors (Lipinski definition) is 0. The van der Waals surface area contributed by atoms with Gasteiger partial charge >= 0.3 is 6.61 Å². The minimum absolute atomic E-state index is 0.0277. The molecule has 0 saturated carbocycles. The Labute approximate surface area is 202 Å². The molecule has 0 fully saturated rings. The molecule has 10 heteroatoms. The maximum Gasteiger partial charge on any atom is 0.387 e. The summed E-state index contributed by atoms with van der Waals surface area (Å²) in [6, 6.07) is 21.8. The fourth-order valence-corrected chi connectivity index (χ4v) is 4.76. The smallest absolute Gasteiger partial charge is 0.387 e. The van der Waals surface area contributed by atoms with E-state index in [4.69, 9.17) is 4.74 Å². The zero-order valence-corrected chi connectivity index (χ0v) is 19.4. The van der Waals surface area contributed by atoms with E-state index in [-0.39, 0.29) is 17.1 Å². The van der Waals surface area contributed by atoms with Crippen LogP contribution in [-0.2, 0) is 12.3 Å². The third-order valence-corrected chi connectivity index (χ3v) is 6.47. The number of thioether (sulfide) groups is 1. The molecule has 5 rings (SSSR count). The Hall–Kier alpha value is -3.92. The van der Waals surface area contributed by atoms with Crippen molar-refractivity contribution in [3.63, 3.8) is 0 Å². The van der Waals surface area contributed by atoms with Crippen molar-refractivity contribution in [3.05, 3.63) is 94.3 Å². The lowest BCUT2D eigenvalue weighted by Gasteiger charge is -2.12. The molecule has 0 atom stereocenters. The highest BCUT2D eigenvalue weighted by atomic mass is 32.2. The highest BCUT2D eigenvalue weighted by molar-refractivity contribution is 7.98. The number of fused-ring (bicyclic) bond motifs is 3. The van der Waals surface area contributed by atoms with E-state index in [1.54, 1.807) is 22.8 Å². The van der Waals surface area contributed by atoms with Gasteiger partial charge in [-0.05, 0) is 35.4 Å². The lowest BCUT2D eigenvalue weighted by Crippen LogP contribution is -2.24. The number of aromatic nitrogens is 4. The first-order valence-corrected chi connectivity index (χ1v) is 11.7. The second-order valence-corrected chi connectivity index (χ2v) is 8.61. The molecule has 7 nitrogen and oxygen atoms in total. The van der Waals surface area contributed by atoms with Crippen LogP contribution in [0.2, 0.25) is 0 Å². The Morgan fingerprint density at radius 1 is 0.943 bits per heavy atom. The molecule has 0 aliphatic rings. The summed E-state index contributed by atoms with van der Waals surface area (Å²) >= 11 is 1.41. The van der Waals surface area contributed by atoms with E-state index in [9.17, 15) is 13.6 Å². The molecule has 2 aromatic heterocycles. The summed E-state index contributed by atoms with van der Waals surface area (Å²) in [5.41, 5.74) is 2.37. The molecule has 178 valence electrons. The summed E-state index contributed by atoms with van der Waals surface area (Å²) < 4.78 is 38.4. The van der Waals surface area contributed by atoms with Gasteiger partial charge in [0.25, 0.3) is 5.56 Å². The van der Waals surface area contributed by atoms with Gasteiger partial charge in [0.05, 0.1) is 24.6 Å². The van der Waals surface area contributed by atoms with Gasteiger partial charge in [0, 0.05) is 5.75 Å². The molecule has 0 amide bonds. The van der Waals surface area contributed by atoms with Crippen molar-refractivity contribution < 1.29 is 18.3 Å². The van der Waals surface area contributed by atoms with Crippen LogP contribution in [0.3, 0.4) is 0 Å². The van der Waals surface area contributed by atoms with Crippen LogP contribution in [0.4, 0.5) is 8.78 Å². The summed E-state index contributed by atoms with van der Waals surface area (Å²) in [5.74, 6) is 1.10. The molecule has 0 N–H and O–H groups in total. The van der Waals surface area contributed by atoms with E-state index in [0.717, 1.165) is 11.1 Å². The largest absolute Gasteiger partial charge is 0.493 e. The predicted molar refractivity (Wildman–Crippen MR) is 129 cm³/mol. The molecule has 0 spiro atoms. The molecule has 0 aliphatic carbocycles. The Kier molecular flexibility index (Phi) is 6.37. The fraction of sp³-hybridized carbons (Fsp3) is 0.160. The van der Waals surface area contributed by atoms with Crippen LogP contribution in [0.25, 0.3) is 16.7 Å². The number of benzene rings is 3. The topological polar surface area (TPSA) is 70.7 Å². The molecule has 35 heavy (non-hydrogen) atoms. The number of para-hydroxylation sites is 1. The number of rotatable bonds is 8. The quantitative estimate of drug-likeness (QED) is 0.283. The van der Waals surface area contributed by atoms with Crippen LogP contribution in [-0.4, -0.2) is 32.9 Å². The molecule has 5 aromatic rings. The van der Waals surface area contributed by atoms with E-state index < -0.39 is 6.61 Å². The number of halogens is 2. The van der Waals surface area contributed by atoms with E-state index in [1.807, 2.05) is 52.9 Å². The van der Waals surface area contributed by atoms with Crippen molar-refractivity contribution in [2.75, 3.05) is 7.11 Å². The summed E-state index contributed by atoms with van der Waals surface area (Å²) in [6.07, 6.45) is 0. The Bertz CT molecular complexity index is 1550. The van der Waals surface area contributed by atoms with Crippen LogP contribution >= 0.6 is 11.8 Å². The zero-order chi connectivity index (χ0) is 24.4. The average molecular weight is 495 g/mol. The van der Waals surface area contributed by atoms with E-state index in [1.165, 1.54) is 24.9 Å². The highest BCUT2D eigenvalue weighted by Gasteiger charge is 2.18. The van der Waals surface area contributed by atoms with Gasteiger partial charge in [0.1, 0.15) is 0 Å². The number of nitrogens with zero attached hydrogens (tertiary/aromatic N) is 4. The first kappa shape index (κ1) is 22.9. The van der Waals surface area contributed by atoms with Crippen molar-refractivity contribution in [2.24, 2.45) is 0 Å². The van der Waals surface area contributed by atoms with Gasteiger partial charge in [0.15, 0.2) is 16.7 Å². The third kappa shape index (κ3) is 4.57. The second kappa shape index (κ2) is 9.75. The second-order valence-electron chi connectivity index (χ2n) is 7.66. The van der Waals surface area contributed by atoms with Gasteiger partial charge < -0.3 is 9.47 Å². The number of methoxy groups -OCH3 is 1. The van der Waals surface area contributed by atoms with Crippen LogP contribution < -0.4 is 15.0 Å². The van der Waals surface area contributed by atoms with E-state index >= 15 is 0 Å². The maximum atomic E-state index is 13.3. The molecule has 0 radical (unpaired) electrons. The maximum absolute atomic E-state index is 13.3. The SMILES string of the molecule is COc1cc(CSc2nnc3n(Cc4ccccc4)c(=O)c4ccccc4n23)ccc1OC(F)F. The molecule has 0 saturated heterocycles. The van der Waals surface area contributed by atoms with Crippen LogP contribution in [0.1, 0.15) is 11.1 Å². The molecule has 2 heterocycles. The summed E-state index contributed by atoms with van der Waals surface area (Å²) in [6.45, 7) is -2.58. The fourth-order valence-electron chi connectivity index (χ4n) is 3.88. The Morgan fingerprint density at radius 3 is 2.49 bits per heavy atom. The summed E-state index contributed by atoms with van der Waals surface area (Å²) in [7, 11) is 1.40. The van der Waals surface area contributed by atoms with Crippen molar-refractivity contribution in [2.45, 2.75) is 24.1 Å². The lowest BCUT2D eigenvalue weighted by molar-refractivity contribution is -0.0512. The highest BCUT2D eigenvalue weighted by Crippen LogP contribution is 2.32. The lowest BCUT2D eigenvalue weighted by atomic mass is 10.2. The molecular formula is C25H20F2N4O3S. The minimum atomic E-state index is -2.94. The van der Waals surface area contributed by atoms with Crippen molar-refractivity contribution in [1.82, 2.24) is 19.2 Å². The minimum Gasteiger partial charge on any atom is -0.493 e. The van der Waals surface area contributed by atoms with Crippen LogP contribution in [0.15, 0.2) is 82.7 Å². The van der Waals surface area contributed by atoms with Gasteiger partial charge in [-0.1, -0.05) is 60.3 Å². The Morgan fingerprint density at radius 2 is 1.71 bits per heavy atom. The van der Waals surface area contributed by atoms with Crippen LogP contribution in [0, 0.1) is 0 Å². The first-order valence-electron chi connectivity index (χ1n) is 10.7. The third-order valence-electron chi connectivity index (χ3n) is 5.47. The molecule has 0 bridgehead atoms. The monoisotopic (exact) mass is 494 g/mol. The normalized spacial score (nSPS) is 11.4.